The molecule has 1 aromatic carbocycles. The van der Waals surface area contributed by atoms with E-state index < -0.39 is 11.9 Å². The number of hydrogen-bond donors (Lipinski definition) is 3. The number of amides is 1. The minimum atomic E-state index is -1.08. The number of anilines is 1. The highest BCUT2D eigenvalue weighted by molar-refractivity contribution is 5.93. The van der Waals surface area contributed by atoms with Gasteiger partial charge in [-0.15, -0.1) is 0 Å². The van der Waals surface area contributed by atoms with Gasteiger partial charge in [-0.2, -0.15) is 0 Å². The summed E-state index contributed by atoms with van der Waals surface area (Å²) in [6.07, 6.45) is -0.593. The van der Waals surface area contributed by atoms with Crippen LogP contribution in [0, 0.1) is 13.8 Å². The van der Waals surface area contributed by atoms with E-state index in [9.17, 15) is 14.4 Å². The first kappa shape index (κ1) is 22.6. The van der Waals surface area contributed by atoms with Crippen molar-refractivity contribution in [3.63, 3.8) is 0 Å². The zero-order chi connectivity index (χ0) is 19.4. The lowest BCUT2D eigenvalue weighted by atomic mass is 10.1. The second-order valence-corrected chi connectivity index (χ2v) is 5.56. The van der Waals surface area contributed by atoms with Crippen LogP contribution in [-0.2, 0) is 14.4 Å². The summed E-state index contributed by atoms with van der Waals surface area (Å²) in [5.41, 5.74) is 3.17. The first-order valence-corrected chi connectivity index (χ1v) is 8.23. The number of carboxylic acids is 2. The molecule has 0 aliphatic rings. The van der Waals surface area contributed by atoms with E-state index in [1.807, 2.05) is 32.0 Å². The molecule has 0 saturated carbocycles. The summed E-state index contributed by atoms with van der Waals surface area (Å²) in [5.74, 6) is -2.09. The Morgan fingerprint density at radius 3 is 1.76 bits per heavy atom. The molecule has 3 N–H and O–H groups in total. The maximum Gasteiger partial charge on any atom is 0.303 e. The molecule has 0 aliphatic heterocycles. The Morgan fingerprint density at radius 1 is 0.960 bits per heavy atom. The van der Waals surface area contributed by atoms with Crippen LogP contribution in [0.1, 0.15) is 37.8 Å². The van der Waals surface area contributed by atoms with Crippen LogP contribution in [0.15, 0.2) is 18.2 Å². The topological polar surface area (TPSA) is 107 Å². The number of likely N-dealkylation sites (N-methyl/N-ethyl adjacent to an activating group) is 1. The molecule has 0 heterocycles. The van der Waals surface area contributed by atoms with Gasteiger partial charge in [-0.1, -0.05) is 32.0 Å². The number of nitrogens with one attached hydrogen (secondary N) is 1. The van der Waals surface area contributed by atoms with Crippen LogP contribution in [0.3, 0.4) is 0 Å². The number of aryl methyl sites for hydroxylation is 2. The smallest absolute Gasteiger partial charge is 0.303 e. The largest absolute Gasteiger partial charge is 0.481 e. The fourth-order valence-electron chi connectivity index (χ4n) is 2.05. The van der Waals surface area contributed by atoms with E-state index in [0.29, 0.717) is 6.54 Å². The molecule has 0 atom stereocenters. The summed E-state index contributed by atoms with van der Waals surface area (Å²) >= 11 is 0. The highest BCUT2D eigenvalue weighted by Gasteiger charge is 2.10. The normalized spacial score (nSPS) is 9.96. The van der Waals surface area contributed by atoms with Crippen molar-refractivity contribution < 1.29 is 24.6 Å². The molecule has 140 valence electrons. The van der Waals surface area contributed by atoms with E-state index in [2.05, 4.69) is 24.1 Å². The molecule has 0 unspecified atom stereocenters. The monoisotopic (exact) mass is 352 g/mol. The van der Waals surface area contributed by atoms with Crippen LogP contribution in [0.5, 0.6) is 0 Å². The summed E-state index contributed by atoms with van der Waals surface area (Å²) in [6.45, 7) is 10.4. The highest BCUT2D eigenvalue weighted by atomic mass is 16.4. The predicted molar refractivity (Wildman–Crippen MR) is 96.8 cm³/mol. The molecule has 0 bridgehead atoms. The Morgan fingerprint density at radius 2 is 1.40 bits per heavy atom. The van der Waals surface area contributed by atoms with Gasteiger partial charge >= 0.3 is 11.9 Å². The van der Waals surface area contributed by atoms with Gasteiger partial charge < -0.3 is 15.5 Å². The van der Waals surface area contributed by atoms with Crippen molar-refractivity contribution in [2.45, 2.75) is 40.5 Å². The number of rotatable bonds is 8. The summed E-state index contributed by atoms with van der Waals surface area (Å²) in [5, 5.41) is 18.8. The van der Waals surface area contributed by atoms with Crippen molar-refractivity contribution in [2.24, 2.45) is 0 Å². The van der Waals surface area contributed by atoms with Crippen molar-refractivity contribution in [3.05, 3.63) is 29.3 Å². The van der Waals surface area contributed by atoms with E-state index in [-0.39, 0.29) is 18.7 Å². The molecule has 0 spiro atoms. The maximum absolute atomic E-state index is 11.9. The highest BCUT2D eigenvalue weighted by Crippen LogP contribution is 2.19. The fourth-order valence-corrected chi connectivity index (χ4v) is 2.05. The SMILES string of the molecule is CCN(CC)CC(=O)Nc1c(C)cccc1C.O=C(O)CCC(=O)O. The lowest BCUT2D eigenvalue weighted by Crippen LogP contribution is -2.33. The average molecular weight is 352 g/mol. The number of carbonyl (C=O) groups is 3. The number of nitrogens with zero attached hydrogens (tertiary/aromatic N) is 1. The minimum absolute atomic E-state index is 0.0612. The molecule has 7 heteroatoms. The number of carboxylic acid groups (broad SMARTS) is 2. The molecule has 25 heavy (non-hydrogen) atoms. The second kappa shape index (κ2) is 12.0. The van der Waals surface area contributed by atoms with Crippen molar-refractivity contribution >= 4 is 23.5 Å². The first-order valence-electron chi connectivity index (χ1n) is 8.23. The molecule has 0 aliphatic carbocycles. The molecule has 1 aromatic rings. The zero-order valence-electron chi connectivity index (χ0n) is 15.3. The molecule has 0 radical (unpaired) electrons. The lowest BCUT2D eigenvalue weighted by molar-refractivity contribution is -0.143. The van der Waals surface area contributed by atoms with Gasteiger partial charge in [0, 0.05) is 5.69 Å². The molecular formula is C18H28N2O5. The molecule has 0 aromatic heterocycles. The lowest BCUT2D eigenvalue weighted by Gasteiger charge is -2.18. The van der Waals surface area contributed by atoms with E-state index >= 15 is 0 Å². The Kier molecular flexibility index (Phi) is 10.9. The van der Waals surface area contributed by atoms with Crippen molar-refractivity contribution in [2.75, 3.05) is 25.0 Å². The molecule has 1 rings (SSSR count). The Hall–Kier alpha value is -2.41. The third-order valence-electron chi connectivity index (χ3n) is 3.56. The van der Waals surface area contributed by atoms with Crippen LogP contribution in [0.2, 0.25) is 0 Å². The van der Waals surface area contributed by atoms with Crippen LogP contribution in [0.4, 0.5) is 5.69 Å². The van der Waals surface area contributed by atoms with E-state index in [4.69, 9.17) is 10.2 Å². The number of aliphatic carboxylic acids is 2. The van der Waals surface area contributed by atoms with E-state index in [0.717, 1.165) is 29.9 Å². The first-order chi connectivity index (χ1) is 11.7. The number of carbonyl (C=O) groups excluding carboxylic acids is 1. The van der Waals surface area contributed by atoms with Gasteiger partial charge in [0.2, 0.25) is 5.91 Å². The number of para-hydroxylation sites is 1. The molecule has 0 fully saturated rings. The second-order valence-electron chi connectivity index (χ2n) is 5.56. The van der Waals surface area contributed by atoms with Crippen LogP contribution in [-0.4, -0.2) is 52.6 Å². The molecular weight excluding hydrogens is 324 g/mol. The van der Waals surface area contributed by atoms with Gasteiger partial charge in [0.15, 0.2) is 0 Å². The third-order valence-corrected chi connectivity index (χ3v) is 3.56. The Balaban J connectivity index is 0.000000609. The van der Waals surface area contributed by atoms with Crippen LogP contribution in [0.25, 0.3) is 0 Å². The number of benzene rings is 1. The third kappa shape index (κ3) is 10.1. The van der Waals surface area contributed by atoms with Gasteiger partial charge in [-0.05, 0) is 38.1 Å². The van der Waals surface area contributed by atoms with Gasteiger partial charge in [-0.3, -0.25) is 19.3 Å². The standard InChI is InChI=1S/C14H22N2O.C4H6O4/c1-5-16(6-2)10-13(17)15-14-11(3)8-7-9-12(14)4;5-3(6)1-2-4(7)8/h7-9H,5-6,10H2,1-4H3,(H,15,17);1-2H2,(H,5,6)(H,7,8). The van der Waals surface area contributed by atoms with E-state index in [1.54, 1.807) is 0 Å². The van der Waals surface area contributed by atoms with Crippen molar-refractivity contribution in [1.82, 2.24) is 4.90 Å². The van der Waals surface area contributed by atoms with Gasteiger partial charge in [-0.25, -0.2) is 0 Å². The summed E-state index contributed by atoms with van der Waals surface area (Å²) in [7, 11) is 0. The quantitative estimate of drug-likeness (QED) is 0.664. The summed E-state index contributed by atoms with van der Waals surface area (Å²) in [4.78, 5) is 33.3. The van der Waals surface area contributed by atoms with Crippen molar-refractivity contribution in [3.8, 4) is 0 Å². The zero-order valence-corrected chi connectivity index (χ0v) is 15.3. The fraction of sp³-hybridized carbons (Fsp3) is 0.500. The Labute approximate surface area is 148 Å². The summed E-state index contributed by atoms with van der Waals surface area (Å²) < 4.78 is 0. The van der Waals surface area contributed by atoms with Gasteiger partial charge in [0.25, 0.3) is 0 Å². The minimum Gasteiger partial charge on any atom is -0.481 e. The van der Waals surface area contributed by atoms with Crippen molar-refractivity contribution in [1.29, 1.82) is 0 Å². The average Bonchev–Trinajstić information content (AvgIpc) is 2.55. The van der Waals surface area contributed by atoms with Gasteiger partial charge in [0.05, 0.1) is 19.4 Å². The molecule has 1 amide bonds. The van der Waals surface area contributed by atoms with Gasteiger partial charge in [0.1, 0.15) is 0 Å². The molecule has 7 nitrogen and oxygen atoms in total. The predicted octanol–water partition coefficient (Wildman–Crippen LogP) is 2.52. The summed E-state index contributed by atoms with van der Waals surface area (Å²) in [6, 6.07) is 6.03. The van der Waals surface area contributed by atoms with E-state index in [1.165, 1.54) is 0 Å². The van der Waals surface area contributed by atoms with Crippen LogP contribution < -0.4 is 5.32 Å². The van der Waals surface area contributed by atoms with Crippen LogP contribution >= 0.6 is 0 Å². The Bertz CT molecular complexity index is 549. The maximum atomic E-state index is 11.9. The number of hydrogen-bond acceptors (Lipinski definition) is 4. The molecule has 0 saturated heterocycles.